The molecule has 6 nitrogen and oxygen atoms in total. The van der Waals surface area contributed by atoms with Crippen LogP contribution in [-0.4, -0.2) is 53.8 Å². The Morgan fingerprint density at radius 3 is 2.86 bits per heavy atom. The van der Waals surface area contributed by atoms with E-state index >= 15 is 0 Å². The molecule has 0 saturated carbocycles. The molecular formula is C14H14FNO5. The van der Waals surface area contributed by atoms with E-state index in [-0.39, 0.29) is 24.8 Å². The molecule has 0 radical (unpaired) electrons. The quantitative estimate of drug-likeness (QED) is 0.857. The monoisotopic (exact) mass is 295 g/mol. The molecule has 7 heteroatoms. The summed E-state index contributed by atoms with van der Waals surface area (Å²) in [5.74, 6) is -1.82. The van der Waals surface area contributed by atoms with E-state index < -0.39 is 24.0 Å². The Morgan fingerprint density at radius 1 is 1.33 bits per heavy atom. The number of para-hydroxylation sites is 1. The SMILES string of the molecule is O=C(O)[C@H]1CN(C(=O)[C@@H]2Cc3cccc(F)c3O2)CCO1. The second-order valence-corrected chi connectivity index (χ2v) is 5.02. The summed E-state index contributed by atoms with van der Waals surface area (Å²) in [6.45, 7) is 0.449. The molecule has 21 heavy (non-hydrogen) atoms. The van der Waals surface area contributed by atoms with E-state index in [1.165, 1.54) is 11.0 Å². The van der Waals surface area contributed by atoms with Gasteiger partial charge in [-0.3, -0.25) is 4.79 Å². The fraction of sp³-hybridized carbons (Fsp3) is 0.429. The maximum absolute atomic E-state index is 13.6. The van der Waals surface area contributed by atoms with Crippen LogP contribution in [-0.2, 0) is 20.7 Å². The Hall–Kier alpha value is -2.15. The van der Waals surface area contributed by atoms with Crippen molar-refractivity contribution in [1.29, 1.82) is 0 Å². The predicted octanol–water partition coefficient (Wildman–Crippen LogP) is 0.441. The largest absolute Gasteiger partial charge is 0.479 e. The number of rotatable bonds is 2. The van der Waals surface area contributed by atoms with Gasteiger partial charge in [-0.1, -0.05) is 12.1 Å². The molecule has 2 atom stereocenters. The number of hydrogen-bond acceptors (Lipinski definition) is 4. The number of morpholine rings is 1. The molecule has 1 N–H and O–H groups in total. The summed E-state index contributed by atoms with van der Waals surface area (Å²) in [5, 5.41) is 8.94. The summed E-state index contributed by atoms with van der Waals surface area (Å²) in [4.78, 5) is 24.7. The topological polar surface area (TPSA) is 76.1 Å². The van der Waals surface area contributed by atoms with Gasteiger partial charge in [-0.2, -0.15) is 0 Å². The van der Waals surface area contributed by atoms with E-state index in [2.05, 4.69) is 0 Å². The summed E-state index contributed by atoms with van der Waals surface area (Å²) >= 11 is 0. The van der Waals surface area contributed by atoms with Gasteiger partial charge >= 0.3 is 5.97 Å². The van der Waals surface area contributed by atoms with Crippen molar-refractivity contribution in [2.24, 2.45) is 0 Å². The third-order valence-electron chi connectivity index (χ3n) is 3.64. The van der Waals surface area contributed by atoms with E-state index in [1.54, 1.807) is 12.1 Å². The lowest BCUT2D eigenvalue weighted by Crippen LogP contribution is -2.52. The molecule has 3 rings (SSSR count). The molecule has 2 aliphatic heterocycles. The fourth-order valence-electron chi connectivity index (χ4n) is 2.57. The Kier molecular flexibility index (Phi) is 3.50. The van der Waals surface area contributed by atoms with Gasteiger partial charge in [0.15, 0.2) is 23.8 Å². The molecule has 2 aliphatic rings. The van der Waals surface area contributed by atoms with Crippen LogP contribution in [0.2, 0.25) is 0 Å². The zero-order valence-electron chi connectivity index (χ0n) is 11.1. The van der Waals surface area contributed by atoms with Gasteiger partial charge in [-0.05, 0) is 6.07 Å². The van der Waals surface area contributed by atoms with Crippen LogP contribution in [0.3, 0.4) is 0 Å². The smallest absolute Gasteiger partial charge is 0.334 e. The van der Waals surface area contributed by atoms with Crippen LogP contribution in [0.5, 0.6) is 5.75 Å². The van der Waals surface area contributed by atoms with E-state index in [1.807, 2.05) is 0 Å². The second kappa shape index (κ2) is 5.33. The van der Waals surface area contributed by atoms with E-state index in [9.17, 15) is 14.0 Å². The normalized spacial score (nSPS) is 24.3. The number of nitrogens with zero attached hydrogens (tertiary/aromatic N) is 1. The van der Waals surface area contributed by atoms with Gasteiger partial charge in [0.25, 0.3) is 5.91 Å². The maximum Gasteiger partial charge on any atom is 0.334 e. The van der Waals surface area contributed by atoms with Crippen molar-refractivity contribution in [1.82, 2.24) is 4.90 Å². The molecule has 112 valence electrons. The van der Waals surface area contributed by atoms with E-state index in [4.69, 9.17) is 14.6 Å². The van der Waals surface area contributed by atoms with Gasteiger partial charge in [0.2, 0.25) is 0 Å². The third kappa shape index (κ3) is 2.56. The van der Waals surface area contributed by atoms with Crippen molar-refractivity contribution in [3.63, 3.8) is 0 Å². The van der Waals surface area contributed by atoms with Gasteiger partial charge < -0.3 is 19.5 Å². The van der Waals surface area contributed by atoms with Crippen LogP contribution in [0.1, 0.15) is 5.56 Å². The number of ether oxygens (including phenoxy) is 2. The minimum atomic E-state index is -1.10. The first kappa shape index (κ1) is 13.8. The highest BCUT2D eigenvalue weighted by atomic mass is 19.1. The molecule has 1 aromatic rings. The number of aliphatic carboxylic acids is 1. The van der Waals surface area contributed by atoms with Gasteiger partial charge in [-0.25, -0.2) is 9.18 Å². The van der Waals surface area contributed by atoms with Crippen molar-refractivity contribution >= 4 is 11.9 Å². The van der Waals surface area contributed by atoms with Crippen molar-refractivity contribution in [2.75, 3.05) is 19.7 Å². The first-order chi connectivity index (χ1) is 10.1. The maximum atomic E-state index is 13.6. The predicted molar refractivity (Wildman–Crippen MR) is 68.5 cm³/mol. The Bertz CT molecular complexity index is 591. The third-order valence-corrected chi connectivity index (χ3v) is 3.64. The molecule has 0 aromatic heterocycles. The van der Waals surface area contributed by atoms with Crippen molar-refractivity contribution in [2.45, 2.75) is 18.6 Å². The van der Waals surface area contributed by atoms with Gasteiger partial charge in [0.1, 0.15) is 0 Å². The van der Waals surface area contributed by atoms with Crippen LogP contribution in [0.25, 0.3) is 0 Å². The molecule has 0 unspecified atom stereocenters. The molecule has 1 amide bonds. The molecule has 0 bridgehead atoms. The summed E-state index contributed by atoms with van der Waals surface area (Å²) in [6.07, 6.45) is -1.53. The lowest BCUT2D eigenvalue weighted by Gasteiger charge is -2.32. The summed E-state index contributed by atoms with van der Waals surface area (Å²) in [6, 6.07) is 4.56. The van der Waals surface area contributed by atoms with Crippen LogP contribution in [0.15, 0.2) is 18.2 Å². The van der Waals surface area contributed by atoms with Gasteiger partial charge in [0, 0.05) is 18.5 Å². The minimum Gasteiger partial charge on any atom is -0.479 e. The Balaban J connectivity index is 1.70. The number of hydrogen-bond donors (Lipinski definition) is 1. The number of halogens is 1. The number of amides is 1. The molecule has 2 heterocycles. The lowest BCUT2D eigenvalue weighted by atomic mass is 10.1. The van der Waals surface area contributed by atoms with Crippen LogP contribution >= 0.6 is 0 Å². The van der Waals surface area contributed by atoms with E-state index in [0.29, 0.717) is 18.5 Å². The molecular weight excluding hydrogens is 281 g/mol. The highest BCUT2D eigenvalue weighted by Crippen LogP contribution is 2.32. The average Bonchev–Trinajstić information content (AvgIpc) is 2.92. The molecule has 0 spiro atoms. The highest BCUT2D eigenvalue weighted by Gasteiger charge is 2.37. The number of fused-ring (bicyclic) bond motifs is 1. The number of carboxylic acid groups (broad SMARTS) is 1. The zero-order chi connectivity index (χ0) is 15.0. The molecule has 1 fully saturated rings. The van der Waals surface area contributed by atoms with Crippen molar-refractivity contribution in [3.05, 3.63) is 29.6 Å². The lowest BCUT2D eigenvalue weighted by molar-refractivity contribution is -0.161. The first-order valence-corrected chi connectivity index (χ1v) is 6.63. The van der Waals surface area contributed by atoms with Gasteiger partial charge in [-0.15, -0.1) is 0 Å². The van der Waals surface area contributed by atoms with Crippen molar-refractivity contribution in [3.8, 4) is 5.75 Å². The Labute approximate surface area is 120 Å². The van der Waals surface area contributed by atoms with Crippen LogP contribution < -0.4 is 4.74 Å². The first-order valence-electron chi connectivity index (χ1n) is 6.63. The van der Waals surface area contributed by atoms with Crippen LogP contribution in [0, 0.1) is 5.82 Å². The number of carbonyl (C=O) groups is 2. The number of carboxylic acids is 1. The zero-order valence-corrected chi connectivity index (χ0v) is 11.1. The van der Waals surface area contributed by atoms with Gasteiger partial charge in [0.05, 0.1) is 13.2 Å². The number of benzene rings is 1. The highest BCUT2D eigenvalue weighted by molar-refractivity contribution is 5.83. The standard InChI is InChI=1S/C14H14FNO5/c15-9-3-1-2-8-6-10(21-12(8)9)13(17)16-4-5-20-11(7-16)14(18)19/h1-3,10-11H,4-7H2,(H,18,19)/t10-,11+/m0/s1. The molecule has 1 saturated heterocycles. The van der Waals surface area contributed by atoms with Crippen LogP contribution in [0.4, 0.5) is 4.39 Å². The van der Waals surface area contributed by atoms with Crippen molar-refractivity contribution < 1.29 is 28.6 Å². The summed E-state index contributed by atoms with van der Waals surface area (Å²) in [5.41, 5.74) is 0.649. The minimum absolute atomic E-state index is 0.0210. The van der Waals surface area contributed by atoms with E-state index in [0.717, 1.165) is 0 Å². The second-order valence-electron chi connectivity index (χ2n) is 5.02. The number of carbonyl (C=O) groups excluding carboxylic acids is 1. The Morgan fingerprint density at radius 2 is 2.14 bits per heavy atom. The molecule has 1 aromatic carbocycles. The summed E-state index contributed by atoms with van der Waals surface area (Å²) < 4.78 is 24.1. The summed E-state index contributed by atoms with van der Waals surface area (Å²) in [7, 11) is 0. The fourth-order valence-corrected chi connectivity index (χ4v) is 2.57. The average molecular weight is 295 g/mol. The molecule has 0 aliphatic carbocycles.